The van der Waals surface area contributed by atoms with Crippen LogP contribution in [0.3, 0.4) is 0 Å². The largest absolute Gasteiger partial charge is 0.447 e. The first-order valence-electron chi connectivity index (χ1n) is 6.05. The topological polar surface area (TPSA) is 29.3 Å². The van der Waals surface area contributed by atoms with Crippen LogP contribution in [-0.2, 0) is 0 Å². The first kappa shape index (κ1) is 10.5. The van der Waals surface area contributed by atoms with Gasteiger partial charge in [0.25, 0.3) is 0 Å². The monoisotopic (exact) mass is 228 g/mol. The number of aromatic nitrogens is 1. The number of hydrogen-bond acceptors (Lipinski definition) is 3. The summed E-state index contributed by atoms with van der Waals surface area (Å²) in [5, 5.41) is 0. The lowest BCUT2D eigenvalue weighted by Gasteiger charge is -2.14. The summed E-state index contributed by atoms with van der Waals surface area (Å²) in [4.78, 5) is 6.91. The molecule has 1 aromatic carbocycles. The molecule has 1 fully saturated rings. The summed E-state index contributed by atoms with van der Waals surface area (Å²) in [5.41, 5.74) is 2.05. The van der Waals surface area contributed by atoms with E-state index < -0.39 is 0 Å². The summed E-state index contributed by atoms with van der Waals surface area (Å²) in [7, 11) is 2.13. The van der Waals surface area contributed by atoms with Crippen molar-refractivity contribution in [3.05, 3.63) is 42.5 Å². The molecule has 0 bridgehead atoms. The Morgan fingerprint density at radius 3 is 2.82 bits per heavy atom. The molecule has 0 spiro atoms. The van der Waals surface area contributed by atoms with Gasteiger partial charge in [-0.3, -0.25) is 4.90 Å². The summed E-state index contributed by atoms with van der Waals surface area (Å²) in [5.74, 6) is 0.851. The van der Waals surface area contributed by atoms with Crippen LogP contribution >= 0.6 is 0 Å². The molecule has 0 radical (unpaired) electrons. The highest BCUT2D eigenvalue weighted by Crippen LogP contribution is 2.31. The Labute approximate surface area is 101 Å². The molecule has 0 saturated carbocycles. The Balaban J connectivity index is 1.88. The van der Waals surface area contributed by atoms with Gasteiger partial charge in [0, 0.05) is 5.56 Å². The zero-order valence-corrected chi connectivity index (χ0v) is 9.97. The maximum absolute atomic E-state index is 5.62. The Morgan fingerprint density at radius 2 is 2.12 bits per heavy atom. The number of benzene rings is 1. The first-order chi connectivity index (χ1) is 8.34. The Kier molecular flexibility index (Phi) is 2.69. The molecule has 2 heterocycles. The molecule has 1 atom stereocenters. The lowest BCUT2D eigenvalue weighted by atomic mass is 10.2. The average Bonchev–Trinajstić information content (AvgIpc) is 2.98. The fraction of sp³-hybridized carbons (Fsp3) is 0.357. The fourth-order valence-corrected chi connectivity index (χ4v) is 2.40. The predicted molar refractivity (Wildman–Crippen MR) is 66.5 cm³/mol. The van der Waals surface area contributed by atoms with E-state index in [0.717, 1.165) is 30.1 Å². The van der Waals surface area contributed by atoms with Crippen LogP contribution < -0.4 is 0 Å². The van der Waals surface area contributed by atoms with Gasteiger partial charge in [-0.1, -0.05) is 30.3 Å². The molecule has 3 rings (SSSR count). The lowest BCUT2D eigenvalue weighted by molar-refractivity contribution is 0.268. The van der Waals surface area contributed by atoms with Crippen LogP contribution in [-0.4, -0.2) is 23.5 Å². The molecular formula is C14H16N2O. The van der Waals surface area contributed by atoms with E-state index in [1.165, 1.54) is 6.42 Å². The van der Waals surface area contributed by atoms with Gasteiger partial charge in [0.1, 0.15) is 12.0 Å². The number of hydrogen-bond donors (Lipinski definition) is 0. The van der Waals surface area contributed by atoms with Gasteiger partial charge in [-0.2, -0.15) is 0 Å². The maximum atomic E-state index is 5.62. The molecule has 3 heteroatoms. The van der Waals surface area contributed by atoms with Crippen LogP contribution in [0.15, 0.2) is 41.0 Å². The lowest BCUT2D eigenvalue weighted by Crippen LogP contribution is -2.17. The molecule has 17 heavy (non-hydrogen) atoms. The minimum atomic E-state index is 0.354. The maximum Gasteiger partial charge on any atom is 0.211 e. The average molecular weight is 228 g/mol. The number of likely N-dealkylation sites (tertiary alicyclic amines) is 1. The number of nitrogens with zero attached hydrogens (tertiary/aromatic N) is 2. The van der Waals surface area contributed by atoms with Gasteiger partial charge in [0.15, 0.2) is 0 Å². The summed E-state index contributed by atoms with van der Waals surface area (Å²) in [6.07, 6.45) is 4.13. The van der Waals surface area contributed by atoms with E-state index in [2.05, 4.69) is 29.1 Å². The zero-order chi connectivity index (χ0) is 11.7. The van der Waals surface area contributed by atoms with Crippen LogP contribution in [0.5, 0.6) is 0 Å². The fourth-order valence-electron chi connectivity index (χ4n) is 2.40. The second-order valence-electron chi connectivity index (χ2n) is 4.58. The van der Waals surface area contributed by atoms with Crippen molar-refractivity contribution >= 4 is 0 Å². The molecular weight excluding hydrogens is 212 g/mol. The second kappa shape index (κ2) is 4.34. The van der Waals surface area contributed by atoms with Crippen LogP contribution in [0, 0.1) is 0 Å². The Hall–Kier alpha value is -1.61. The molecule has 0 N–H and O–H groups in total. The highest BCUT2D eigenvalue weighted by molar-refractivity contribution is 5.57. The van der Waals surface area contributed by atoms with Gasteiger partial charge in [0.2, 0.25) is 5.89 Å². The highest BCUT2D eigenvalue weighted by atomic mass is 16.3. The molecule has 0 aliphatic carbocycles. The van der Waals surface area contributed by atoms with E-state index in [0.29, 0.717) is 6.04 Å². The van der Waals surface area contributed by atoms with E-state index in [1.807, 2.05) is 18.2 Å². The zero-order valence-electron chi connectivity index (χ0n) is 9.97. The van der Waals surface area contributed by atoms with Crippen molar-refractivity contribution in [3.8, 4) is 11.3 Å². The molecule has 2 aromatic rings. The van der Waals surface area contributed by atoms with E-state index in [1.54, 1.807) is 6.26 Å². The molecule has 1 aromatic heterocycles. The molecule has 1 aliphatic heterocycles. The van der Waals surface area contributed by atoms with Gasteiger partial charge >= 0.3 is 0 Å². The summed E-state index contributed by atoms with van der Waals surface area (Å²) in [6, 6.07) is 10.5. The third-order valence-corrected chi connectivity index (χ3v) is 3.40. The van der Waals surface area contributed by atoms with E-state index in [4.69, 9.17) is 4.42 Å². The van der Waals surface area contributed by atoms with Crippen molar-refractivity contribution in [2.75, 3.05) is 13.6 Å². The highest BCUT2D eigenvalue weighted by Gasteiger charge is 2.26. The minimum Gasteiger partial charge on any atom is -0.447 e. The molecule has 1 saturated heterocycles. The number of rotatable bonds is 2. The van der Waals surface area contributed by atoms with Crippen LogP contribution in [0.2, 0.25) is 0 Å². The Morgan fingerprint density at radius 1 is 1.29 bits per heavy atom. The van der Waals surface area contributed by atoms with Crippen molar-refractivity contribution in [2.45, 2.75) is 18.9 Å². The SMILES string of the molecule is CN1CCC[C@H]1c1nc(-c2ccccc2)co1. The van der Waals surface area contributed by atoms with Crippen LogP contribution in [0.1, 0.15) is 24.8 Å². The smallest absolute Gasteiger partial charge is 0.211 e. The predicted octanol–water partition coefficient (Wildman–Crippen LogP) is 3.11. The molecule has 88 valence electrons. The standard InChI is InChI=1S/C14H16N2O/c1-16-9-5-8-13(16)14-15-12(10-17-14)11-6-3-2-4-7-11/h2-4,6-7,10,13H,5,8-9H2,1H3/t13-/m0/s1. The van der Waals surface area contributed by atoms with E-state index >= 15 is 0 Å². The van der Waals surface area contributed by atoms with E-state index in [9.17, 15) is 0 Å². The van der Waals surface area contributed by atoms with Crippen LogP contribution in [0.4, 0.5) is 0 Å². The van der Waals surface area contributed by atoms with Crippen molar-refractivity contribution in [1.82, 2.24) is 9.88 Å². The summed E-state index contributed by atoms with van der Waals surface area (Å²) in [6.45, 7) is 1.13. The Bertz CT molecular complexity index is 492. The van der Waals surface area contributed by atoms with Crippen molar-refractivity contribution in [3.63, 3.8) is 0 Å². The van der Waals surface area contributed by atoms with Crippen LogP contribution in [0.25, 0.3) is 11.3 Å². The minimum absolute atomic E-state index is 0.354. The van der Waals surface area contributed by atoms with E-state index in [-0.39, 0.29) is 0 Å². The van der Waals surface area contributed by atoms with Gasteiger partial charge in [-0.05, 0) is 26.4 Å². The summed E-state index contributed by atoms with van der Waals surface area (Å²) < 4.78 is 5.62. The van der Waals surface area contributed by atoms with Gasteiger partial charge in [-0.15, -0.1) is 0 Å². The van der Waals surface area contributed by atoms with Crippen molar-refractivity contribution < 1.29 is 4.42 Å². The van der Waals surface area contributed by atoms with Gasteiger partial charge in [-0.25, -0.2) is 4.98 Å². The second-order valence-corrected chi connectivity index (χ2v) is 4.58. The molecule has 0 amide bonds. The quantitative estimate of drug-likeness (QED) is 0.791. The third kappa shape index (κ3) is 1.98. The first-order valence-corrected chi connectivity index (χ1v) is 6.05. The van der Waals surface area contributed by atoms with Gasteiger partial charge in [0.05, 0.1) is 6.04 Å². The molecule has 3 nitrogen and oxygen atoms in total. The third-order valence-electron chi connectivity index (χ3n) is 3.40. The normalized spacial score (nSPS) is 20.9. The number of oxazole rings is 1. The molecule has 1 aliphatic rings. The van der Waals surface area contributed by atoms with Crippen molar-refractivity contribution in [1.29, 1.82) is 0 Å². The summed E-state index contributed by atoms with van der Waals surface area (Å²) >= 11 is 0. The molecule has 0 unspecified atom stereocenters. The van der Waals surface area contributed by atoms with Gasteiger partial charge < -0.3 is 4.42 Å². The van der Waals surface area contributed by atoms with Crippen molar-refractivity contribution in [2.24, 2.45) is 0 Å².